The lowest BCUT2D eigenvalue weighted by Gasteiger charge is -2.28. The minimum absolute atomic E-state index is 0.155. The van der Waals surface area contributed by atoms with Crippen LogP contribution in [-0.4, -0.2) is 4.57 Å². The van der Waals surface area contributed by atoms with Crippen molar-refractivity contribution >= 4 is 38.9 Å². The third-order valence-corrected chi connectivity index (χ3v) is 12.1. The third-order valence-electron chi connectivity index (χ3n) is 12.1. The fraction of sp³-hybridized carbons (Fsp3) is 0.176. The van der Waals surface area contributed by atoms with E-state index in [9.17, 15) is 0 Å². The first-order valence-corrected chi connectivity index (χ1v) is 19.4. The lowest BCUT2D eigenvalue weighted by molar-refractivity contribution is 0.367. The number of anilines is 3. The van der Waals surface area contributed by atoms with Gasteiger partial charge in [-0.3, -0.25) is 0 Å². The highest BCUT2D eigenvalue weighted by Gasteiger charge is 2.36. The Morgan fingerprint density at radius 1 is 0.453 bits per heavy atom. The summed E-state index contributed by atoms with van der Waals surface area (Å²) in [5.74, 6) is 0. The molecule has 2 aliphatic rings. The quantitative estimate of drug-likeness (QED) is 0.169. The Kier molecular flexibility index (Phi) is 7.61. The Balaban J connectivity index is 1.03. The van der Waals surface area contributed by atoms with Crippen LogP contribution in [0.15, 0.2) is 164 Å². The van der Waals surface area contributed by atoms with Crippen molar-refractivity contribution in [1.82, 2.24) is 4.57 Å². The molecule has 10 rings (SSSR count). The number of fused-ring (bicyclic) bond motifs is 6. The van der Waals surface area contributed by atoms with Crippen molar-refractivity contribution in [2.45, 2.75) is 57.4 Å². The van der Waals surface area contributed by atoms with Gasteiger partial charge in [0.15, 0.2) is 0 Å². The van der Waals surface area contributed by atoms with Crippen LogP contribution in [0.3, 0.4) is 0 Å². The van der Waals surface area contributed by atoms with Gasteiger partial charge in [0.1, 0.15) is 0 Å². The second-order valence-electron chi connectivity index (χ2n) is 15.6. The molecule has 0 unspecified atom stereocenters. The molecule has 1 aromatic heterocycles. The highest BCUT2D eigenvalue weighted by Crippen LogP contribution is 2.52. The van der Waals surface area contributed by atoms with E-state index >= 15 is 0 Å². The zero-order valence-electron chi connectivity index (χ0n) is 30.6. The molecule has 258 valence electrons. The normalized spacial score (nSPS) is 15.1. The van der Waals surface area contributed by atoms with Gasteiger partial charge in [-0.1, -0.05) is 136 Å². The van der Waals surface area contributed by atoms with Gasteiger partial charge in [-0.25, -0.2) is 0 Å². The van der Waals surface area contributed by atoms with Gasteiger partial charge >= 0.3 is 0 Å². The molecule has 7 aromatic carbocycles. The Labute approximate surface area is 313 Å². The molecule has 0 aliphatic heterocycles. The molecule has 0 bridgehead atoms. The molecule has 1 fully saturated rings. The van der Waals surface area contributed by atoms with E-state index in [2.05, 4.69) is 187 Å². The fourth-order valence-corrected chi connectivity index (χ4v) is 9.42. The summed E-state index contributed by atoms with van der Waals surface area (Å²) >= 11 is 0. The van der Waals surface area contributed by atoms with Crippen molar-refractivity contribution in [2.75, 3.05) is 4.90 Å². The van der Waals surface area contributed by atoms with Crippen LogP contribution in [-0.2, 0) is 5.41 Å². The molecule has 1 heterocycles. The Bertz CT molecular complexity index is 2600. The average molecular weight is 685 g/mol. The molecule has 0 spiro atoms. The Morgan fingerprint density at radius 3 is 1.77 bits per heavy atom. The van der Waals surface area contributed by atoms with Gasteiger partial charge in [-0.15, -0.1) is 0 Å². The van der Waals surface area contributed by atoms with Crippen LogP contribution in [0.25, 0.3) is 55.2 Å². The van der Waals surface area contributed by atoms with Crippen molar-refractivity contribution in [3.8, 4) is 33.4 Å². The summed E-state index contributed by atoms with van der Waals surface area (Å²) in [5, 5.41) is 2.74. The maximum atomic E-state index is 2.66. The smallest absolute Gasteiger partial charge is 0.0494 e. The zero-order valence-corrected chi connectivity index (χ0v) is 30.6. The van der Waals surface area contributed by atoms with Gasteiger partial charge in [0.25, 0.3) is 0 Å². The number of rotatable bonds is 6. The van der Waals surface area contributed by atoms with E-state index in [1.165, 1.54) is 104 Å². The number of hydrogen-bond donors (Lipinski definition) is 0. The SMILES string of the molecule is CC1(C)c2cc(-c3ccc4c(c3)c3ccccc3n4C3CCCCC3)ccc2-c2ccc(N(c3ccccc3)c3ccc(-c4ccccc4)cc3)cc21. The molecule has 53 heavy (non-hydrogen) atoms. The summed E-state index contributed by atoms with van der Waals surface area (Å²) in [4.78, 5) is 2.39. The van der Waals surface area contributed by atoms with Gasteiger partial charge in [0.05, 0.1) is 0 Å². The fourth-order valence-electron chi connectivity index (χ4n) is 9.42. The van der Waals surface area contributed by atoms with Crippen LogP contribution in [0, 0.1) is 0 Å². The topological polar surface area (TPSA) is 8.17 Å². The van der Waals surface area contributed by atoms with Crippen molar-refractivity contribution in [2.24, 2.45) is 0 Å². The van der Waals surface area contributed by atoms with E-state index in [0.717, 1.165) is 11.4 Å². The minimum atomic E-state index is -0.155. The number of para-hydroxylation sites is 2. The molecule has 0 saturated heterocycles. The Hall–Kier alpha value is -5.86. The number of nitrogens with zero attached hydrogens (tertiary/aromatic N) is 2. The van der Waals surface area contributed by atoms with Crippen LogP contribution < -0.4 is 4.90 Å². The molecule has 0 radical (unpaired) electrons. The van der Waals surface area contributed by atoms with Crippen molar-refractivity contribution < 1.29 is 0 Å². The number of hydrogen-bond acceptors (Lipinski definition) is 1. The van der Waals surface area contributed by atoms with E-state index < -0.39 is 0 Å². The first-order chi connectivity index (χ1) is 26.0. The third kappa shape index (κ3) is 5.31. The highest BCUT2D eigenvalue weighted by molar-refractivity contribution is 6.09. The maximum absolute atomic E-state index is 2.66. The largest absolute Gasteiger partial charge is 0.337 e. The van der Waals surface area contributed by atoms with Crippen LogP contribution in [0.1, 0.15) is 63.1 Å². The predicted molar refractivity (Wildman–Crippen MR) is 225 cm³/mol. The molecular formula is C51H44N2. The monoisotopic (exact) mass is 684 g/mol. The predicted octanol–water partition coefficient (Wildman–Crippen LogP) is 14.4. The van der Waals surface area contributed by atoms with Crippen molar-refractivity contribution in [3.63, 3.8) is 0 Å². The van der Waals surface area contributed by atoms with Crippen molar-refractivity contribution in [1.29, 1.82) is 0 Å². The summed E-state index contributed by atoms with van der Waals surface area (Å²) < 4.78 is 2.66. The van der Waals surface area contributed by atoms with E-state index in [-0.39, 0.29) is 5.41 Å². The van der Waals surface area contributed by atoms with E-state index in [1.54, 1.807) is 0 Å². The highest BCUT2D eigenvalue weighted by atomic mass is 15.1. The standard InChI is InChI=1S/C51H44N2/c1-51(2)47-33-38(37-25-31-50-46(32-37)45-20-12-13-21-49(45)53(50)40-18-10-5-11-19-40)24-29-43(47)44-30-28-42(34-48(44)51)52(39-16-8-4-9-17-39)41-26-22-36(23-27-41)35-14-6-3-7-15-35/h3-4,6-9,12-17,20-34,40H,5,10-11,18-19H2,1-2H3. The molecule has 0 N–H and O–H groups in total. The van der Waals surface area contributed by atoms with Gasteiger partial charge in [-0.05, 0) is 118 Å². The maximum Gasteiger partial charge on any atom is 0.0494 e. The minimum Gasteiger partial charge on any atom is -0.337 e. The van der Waals surface area contributed by atoms with Crippen LogP contribution in [0.5, 0.6) is 0 Å². The van der Waals surface area contributed by atoms with E-state index in [1.807, 2.05) is 0 Å². The number of aromatic nitrogens is 1. The van der Waals surface area contributed by atoms with Crippen LogP contribution in [0.2, 0.25) is 0 Å². The van der Waals surface area contributed by atoms with E-state index in [0.29, 0.717) is 6.04 Å². The average Bonchev–Trinajstić information content (AvgIpc) is 3.67. The lowest BCUT2D eigenvalue weighted by Crippen LogP contribution is -2.16. The molecular weight excluding hydrogens is 641 g/mol. The van der Waals surface area contributed by atoms with Gasteiger partial charge in [0, 0.05) is 50.3 Å². The molecule has 0 amide bonds. The molecule has 2 heteroatoms. The zero-order chi connectivity index (χ0) is 35.5. The first-order valence-electron chi connectivity index (χ1n) is 19.4. The van der Waals surface area contributed by atoms with Crippen LogP contribution >= 0.6 is 0 Å². The molecule has 1 saturated carbocycles. The van der Waals surface area contributed by atoms with E-state index in [4.69, 9.17) is 0 Å². The summed E-state index contributed by atoms with van der Waals surface area (Å²) in [6.45, 7) is 4.79. The second-order valence-corrected chi connectivity index (χ2v) is 15.6. The summed E-state index contributed by atoms with van der Waals surface area (Å²) in [6.07, 6.45) is 6.59. The van der Waals surface area contributed by atoms with Gasteiger partial charge < -0.3 is 9.47 Å². The molecule has 0 atom stereocenters. The summed E-state index contributed by atoms with van der Waals surface area (Å²) in [6, 6.07) is 61.4. The Morgan fingerprint density at radius 2 is 1.00 bits per heavy atom. The second kappa shape index (κ2) is 12.7. The molecule has 2 nitrogen and oxygen atoms in total. The summed E-state index contributed by atoms with van der Waals surface area (Å²) in [7, 11) is 0. The molecule has 2 aliphatic carbocycles. The van der Waals surface area contributed by atoms with Crippen LogP contribution in [0.4, 0.5) is 17.1 Å². The van der Waals surface area contributed by atoms with Crippen molar-refractivity contribution in [3.05, 3.63) is 175 Å². The van der Waals surface area contributed by atoms with Gasteiger partial charge in [0.2, 0.25) is 0 Å². The summed E-state index contributed by atoms with van der Waals surface area (Å²) in [5.41, 5.74) is 16.5. The number of benzene rings is 7. The first kappa shape index (κ1) is 31.8. The molecule has 8 aromatic rings. The van der Waals surface area contributed by atoms with Gasteiger partial charge in [-0.2, -0.15) is 0 Å². The lowest BCUT2D eigenvalue weighted by atomic mass is 9.81.